The fourth-order valence-electron chi connectivity index (χ4n) is 1.77. The summed E-state index contributed by atoms with van der Waals surface area (Å²) in [6.45, 7) is 5.84. The van der Waals surface area contributed by atoms with Gasteiger partial charge in [0.25, 0.3) is 0 Å². The lowest BCUT2D eigenvalue weighted by Crippen LogP contribution is -2.22. The van der Waals surface area contributed by atoms with Crippen molar-refractivity contribution >= 4 is 11.9 Å². The van der Waals surface area contributed by atoms with Crippen molar-refractivity contribution < 1.29 is 19.2 Å². The van der Waals surface area contributed by atoms with Crippen molar-refractivity contribution in [2.75, 3.05) is 5.73 Å². The SMILES string of the molecule is CC(C)(C)Oc1ccc(-c2c(C(=O)O)noc2N)cc1. The summed E-state index contributed by atoms with van der Waals surface area (Å²) in [5.74, 6) is -0.518. The first-order valence-corrected chi connectivity index (χ1v) is 6.06. The zero-order chi connectivity index (χ0) is 14.9. The van der Waals surface area contributed by atoms with Crippen LogP contribution in [-0.2, 0) is 0 Å². The van der Waals surface area contributed by atoms with E-state index >= 15 is 0 Å². The lowest BCUT2D eigenvalue weighted by Gasteiger charge is -2.21. The molecule has 0 saturated carbocycles. The van der Waals surface area contributed by atoms with Gasteiger partial charge in [0.05, 0.1) is 5.56 Å². The number of ether oxygens (including phenoxy) is 1. The summed E-state index contributed by atoms with van der Waals surface area (Å²) >= 11 is 0. The highest BCUT2D eigenvalue weighted by Gasteiger charge is 2.21. The van der Waals surface area contributed by atoms with Gasteiger partial charge < -0.3 is 20.1 Å². The Morgan fingerprint density at radius 3 is 2.40 bits per heavy atom. The topological polar surface area (TPSA) is 98.6 Å². The molecule has 0 bridgehead atoms. The maximum Gasteiger partial charge on any atom is 0.358 e. The number of carboxylic acid groups (broad SMARTS) is 1. The number of hydrogen-bond donors (Lipinski definition) is 2. The van der Waals surface area contributed by atoms with Gasteiger partial charge in [0.2, 0.25) is 11.6 Å². The largest absolute Gasteiger partial charge is 0.488 e. The third-order valence-electron chi connectivity index (χ3n) is 2.49. The van der Waals surface area contributed by atoms with Crippen LogP contribution in [0.1, 0.15) is 31.3 Å². The van der Waals surface area contributed by atoms with E-state index in [1.165, 1.54) is 0 Å². The van der Waals surface area contributed by atoms with Crippen molar-refractivity contribution in [3.05, 3.63) is 30.0 Å². The van der Waals surface area contributed by atoms with Crippen LogP contribution < -0.4 is 10.5 Å². The van der Waals surface area contributed by atoms with Crippen LogP contribution in [0.4, 0.5) is 5.88 Å². The van der Waals surface area contributed by atoms with E-state index in [4.69, 9.17) is 20.1 Å². The first kappa shape index (κ1) is 13.9. The molecule has 0 radical (unpaired) electrons. The fraction of sp³-hybridized carbons (Fsp3) is 0.286. The lowest BCUT2D eigenvalue weighted by atomic mass is 10.1. The van der Waals surface area contributed by atoms with Crippen molar-refractivity contribution in [1.82, 2.24) is 5.16 Å². The first-order valence-electron chi connectivity index (χ1n) is 6.06. The van der Waals surface area contributed by atoms with Crippen molar-refractivity contribution in [3.63, 3.8) is 0 Å². The minimum atomic E-state index is -1.18. The summed E-state index contributed by atoms with van der Waals surface area (Å²) in [7, 11) is 0. The normalized spacial score (nSPS) is 11.3. The Hall–Kier alpha value is -2.50. The van der Waals surface area contributed by atoms with Crippen molar-refractivity contribution in [2.45, 2.75) is 26.4 Å². The summed E-state index contributed by atoms with van der Waals surface area (Å²) in [5.41, 5.74) is 6.01. The predicted molar refractivity (Wildman–Crippen MR) is 73.7 cm³/mol. The van der Waals surface area contributed by atoms with Gasteiger partial charge in [-0.2, -0.15) is 0 Å². The Balaban J connectivity index is 2.36. The van der Waals surface area contributed by atoms with Crippen LogP contribution in [-0.4, -0.2) is 21.8 Å². The number of benzene rings is 1. The highest BCUT2D eigenvalue weighted by molar-refractivity contribution is 5.96. The number of anilines is 1. The highest BCUT2D eigenvalue weighted by Crippen LogP contribution is 2.31. The molecule has 0 aliphatic carbocycles. The smallest absolute Gasteiger partial charge is 0.358 e. The zero-order valence-electron chi connectivity index (χ0n) is 11.5. The van der Waals surface area contributed by atoms with E-state index in [1.54, 1.807) is 24.3 Å². The molecule has 0 atom stereocenters. The monoisotopic (exact) mass is 276 g/mol. The Morgan fingerprint density at radius 1 is 1.30 bits per heavy atom. The van der Waals surface area contributed by atoms with Crippen molar-refractivity contribution in [2.24, 2.45) is 0 Å². The molecule has 1 aromatic carbocycles. The molecular weight excluding hydrogens is 260 g/mol. The minimum absolute atomic E-state index is 0.0214. The van der Waals surface area contributed by atoms with Gasteiger partial charge in [-0.15, -0.1) is 0 Å². The van der Waals surface area contributed by atoms with Crippen LogP contribution in [0.25, 0.3) is 11.1 Å². The number of nitrogens with zero attached hydrogens (tertiary/aromatic N) is 1. The van der Waals surface area contributed by atoms with Crippen molar-refractivity contribution in [1.29, 1.82) is 0 Å². The maximum absolute atomic E-state index is 11.1. The van der Waals surface area contributed by atoms with E-state index in [1.807, 2.05) is 20.8 Å². The van der Waals surface area contributed by atoms with Crippen LogP contribution in [0.5, 0.6) is 5.75 Å². The molecule has 6 nitrogen and oxygen atoms in total. The van der Waals surface area contributed by atoms with Gasteiger partial charge in [-0.3, -0.25) is 0 Å². The third kappa shape index (κ3) is 2.90. The van der Waals surface area contributed by atoms with Gasteiger partial charge in [0.1, 0.15) is 11.4 Å². The maximum atomic E-state index is 11.1. The van der Waals surface area contributed by atoms with Crippen LogP contribution >= 0.6 is 0 Å². The number of rotatable bonds is 3. The molecule has 0 unspecified atom stereocenters. The molecule has 3 N–H and O–H groups in total. The van der Waals surface area contributed by atoms with E-state index in [-0.39, 0.29) is 22.7 Å². The van der Waals surface area contributed by atoms with Crippen molar-refractivity contribution in [3.8, 4) is 16.9 Å². The average Bonchev–Trinajstić information content (AvgIpc) is 2.70. The Bertz CT molecular complexity index is 624. The summed E-state index contributed by atoms with van der Waals surface area (Å²) in [4.78, 5) is 11.1. The van der Waals surface area contributed by atoms with Crippen LogP contribution in [0.15, 0.2) is 28.8 Å². The first-order chi connectivity index (χ1) is 9.28. The molecule has 2 rings (SSSR count). The minimum Gasteiger partial charge on any atom is -0.488 e. The lowest BCUT2D eigenvalue weighted by molar-refractivity contribution is 0.0686. The van der Waals surface area contributed by atoms with Crippen LogP contribution in [0, 0.1) is 0 Å². The second-order valence-electron chi connectivity index (χ2n) is 5.31. The van der Waals surface area contributed by atoms with E-state index < -0.39 is 5.97 Å². The fourth-order valence-corrected chi connectivity index (χ4v) is 1.77. The molecular formula is C14H16N2O4. The molecule has 0 aliphatic rings. The summed E-state index contributed by atoms with van der Waals surface area (Å²) in [6.07, 6.45) is 0. The van der Waals surface area contributed by atoms with E-state index in [0.717, 1.165) is 0 Å². The number of carboxylic acids is 1. The van der Waals surface area contributed by atoms with Gasteiger partial charge in [-0.25, -0.2) is 4.79 Å². The number of nitrogen functional groups attached to an aromatic ring is 1. The zero-order valence-corrected chi connectivity index (χ0v) is 11.5. The molecule has 1 heterocycles. The summed E-state index contributed by atoms with van der Waals surface area (Å²) in [5, 5.41) is 12.5. The summed E-state index contributed by atoms with van der Waals surface area (Å²) < 4.78 is 10.4. The molecule has 6 heteroatoms. The molecule has 1 aromatic heterocycles. The Labute approximate surface area is 116 Å². The van der Waals surface area contributed by atoms with Crippen LogP contribution in [0.3, 0.4) is 0 Å². The number of hydrogen-bond acceptors (Lipinski definition) is 5. The number of nitrogens with two attached hydrogens (primary N) is 1. The average molecular weight is 276 g/mol. The second kappa shape index (κ2) is 4.88. The van der Waals surface area contributed by atoms with Gasteiger partial charge in [-0.1, -0.05) is 17.3 Å². The van der Waals surface area contributed by atoms with Gasteiger partial charge in [0.15, 0.2) is 0 Å². The summed E-state index contributed by atoms with van der Waals surface area (Å²) in [6, 6.07) is 6.93. The molecule has 2 aromatic rings. The molecule has 0 saturated heterocycles. The number of aromatic carboxylic acids is 1. The molecule has 106 valence electrons. The molecule has 0 spiro atoms. The quantitative estimate of drug-likeness (QED) is 0.894. The molecule has 0 fully saturated rings. The van der Waals surface area contributed by atoms with E-state index in [0.29, 0.717) is 11.3 Å². The molecule has 20 heavy (non-hydrogen) atoms. The molecule has 0 aliphatic heterocycles. The highest BCUT2D eigenvalue weighted by atomic mass is 16.5. The van der Waals surface area contributed by atoms with E-state index in [2.05, 4.69) is 5.16 Å². The Morgan fingerprint density at radius 2 is 1.90 bits per heavy atom. The van der Waals surface area contributed by atoms with Gasteiger partial charge in [0, 0.05) is 0 Å². The number of aromatic nitrogens is 1. The number of carbonyl (C=O) groups is 1. The van der Waals surface area contributed by atoms with Gasteiger partial charge >= 0.3 is 5.97 Å². The van der Waals surface area contributed by atoms with E-state index in [9.17, 15) is 4.79 Å². The third-order valence-corrected chi connectivity index (χ3v) is 2.49. The van der Waals surface area contributed by atoms with Gasteiger partial charge in [-0.05, 0) is 38.5 Å². The second-order valence-corrected chi connectivity index (χ2v) is 5.31. The molecule has 0 amide bonds. The predicted octanol–water partition coefficient (Wildman–Crippen LogP) is 2.80. The Kier molecular flexibility index (Phi) is 3.40. The standard InChI is InChI=1S/C14H16N2O4/c1-14(2,3)19-9-6-4-8(5-7-9)10-11(13(17)18)16-20-12(10)15/h4-7H,15H2,1-3H3,(H,17,18). The van der Waals surface area contributed by atoms with Crippen LogP contribution in [0.2, 0.25) is 0 Å².